The third-order valence-electron chi connectivity index (χ3n) is 9.72. The summed E-state index contributed by atoms with van der Waals surface area (Å²) in [5, 5.41) is 0. The molecule has 0 unspecified atom stereocenters. The number of fused-ring (bicyclic) bond motifs is 1. The standard InChI is InChI=1S/C50H40N2/c1-3-16-37(4-2)38-28-32-45(33-29-38)52(44-21-12-7-13-22-44)46-34-30-40(31-35-46)39-24-26-43(27-25-39)50-49(42-19-10-6-11-20-42)48(41-17-8-5-9-18-41)47-23-14-15-36-51(47)50/h3-36H,1-2H3/b16-3-,37-4+. The maximum atomic E-state index is 2.35. The SMILES string of the molecule is C/C=C\C(=C/C)c1ccc(N(c2ccccc2)c2ccc(-c3ccc(-c4c(-c5ccccc5)c(-c5ccccc5)c5ccccn45)cc3)cc2)cc1. The monoisotopic (exact) mass is 668 g/mol. The molecule has 0 amide bonds. The van der Waals surface area contributed by atoms with E-state index in [1.165, 1.54) is 61.3 Å². The molecule has 2 heterocycles. The first-order valence-corrected chi connectivity index (χ1v) is 17.9. The van der Waals surface area contributed by atoms with Gasteiger partial charge in [-0.05, 0) is 101 Å². The number of hydrogen-bond acceptors (Lipinski definition) is 1. The van der Waals surface area contributed by atoms with E-state index in [1.807, 2.05) is 0 Å². The second-order valence-corrected chi connectivity index (χ2v) is 12.9. The molecular formula is C50H40N2. The lowest BCUT2D eigenvalue weighted by atomic mass is 9.93. The van der Waals surface area contributed by atoms with Crippen molar-refractivity contribution in [3.8, 4) is 44.6 Å². The maximum absolute atomic E-state index is 2.35. The summed E-state index contributed by atoms with van der Waals surface area (Å²) in [5.74, 6) is 0. The Morgan fingerprint density at radius 3 is 1.50 bits per heavy atom. The van der Waals surface area contributed by atoms with Crippen LogP contribution in [0.1, 0.15) is 19.4 Å². The predicted molar refractivity (Wildman–Crippen MR) is 222 cm³/mol. The Balaban J connectivity index is 1.16. The topological polar surface area (TPSA) is 7.65 Å². The highest BCUT2D eigenvalue weighted by molar-refractivity contribution is 6.03. The molecule has 2 heteroatoms. The fourth-order valence-corrected chi connectivity index (χ4v) is 7.26. The first-order valence-electron chi connectivity index (χ1n) is 17.9. The summed E-state index contributed by atoms with van der Waals surface area (Å²) in [7, 11) is 0. The van der Waals surface area contributed by atoms with Gasteiger partial charge < -0.3 is 9.30 Å². The Labute approximate surface area is 306 Å². The van der Waals surface area contributed by atoms with Gasteiger partial charge in [-0.15, -0.1) is 0 Å². The minimum atomic E-state index is 1.11. The predicted octanol–water partition coefficient (Wildman–Crippen LogP) is 14.1. The van der Waals surface area contributed by atoms with Gasteiger partial charge in [0.25, 0.3) is 0 Å². The molecule has 2 nitrogen and oxygen atoms in total. The zero-order valence-electron chi connectivity index (χ0n) is 29.5. The first kappa shape index (κ1) is 32.6. The molecule has 0 aliphatic rings. The van der Waals surface area contributed by atoms with Gasteiger partial charge in [0.15, 0.2) is 0 Å². The van der Waals surface area contributed by atoms with Crippen molar-refractivity contribution < 1.29 is 0 Å². The number of aromatic nitrogens is 1. The molecule has 0 aliphatic heterocycles. The molecule has 8 aromatic rings. The van der Waals surface area contributed by atoms with E-state index < -0.39 is 0 Å². The summed E-state index contributed by atoms with van der Waals surface area (Å²) in [5.41, 5.74) is 16.6. The van der Waals surface area contributed by atoms with Crippen molar-refractivity contribution in [1.29, 1.82) is 0 Å². The number of para-hydroxylation sites is 1. The highest BCUT2D eigenvalue weighted by Crippen LogP contribution is 2.45. The second kappa shape index (κ2) is 14.7. The van der Waals surface area contributed by atoms with E-state index in [-0.39, 0.29) is 0 Å². The van der Waals surface area contributed by atoms with E-state index in [2.05, 4.69) is 230 Å². The molecule has 0 radical (unpaired) electrons. The van der Waals surface area contributed by atoms with E-state index in [0.717, 1.165) is 17.1 Å². The van der Waals surface area contributed by atoms with Crippen molar-refractivity contribution >= 4 is 28.2 Å². The molecule has 0 saturated carbocycles. The minimum absolute atomic E-state index is 1.11. The first-order chi connectivity index (χ1) is 25.7. The number of allylic oxidation sites excluding steroid dienone is 4. The molecule has 250 valence electrons. The van der Waals surface area contributed by atoms with Crippen LogP contribution in [0.4, 0.5) is 17.1 Å². The molecule has 0 fully saturated rings. The maximum Gasteiger partial charge on any atom is 0.0613 e. The molecule has 0 atom stereocenters. The van der Waals surface area contributed by atoms with Crippen molar-refractivity contribution in [2.24, 2.45) is 0 Å². The lowest BCUT2D eigenvalue weighted by Gasteiger charge is -2.26. The van der Waals surface area contributed by atoms with Crippen LogP contribution in [-0.2, 0) is 0 Å². The van der Waals surface area contributed by atoms with Crippen molar-refractivity contribution in [2.75, 3.05) is 4.90 Å². The van der Waals surface area contributed by atoms with Crippen LogP contribution >= 0.6 is 0 Å². The van der Waals surface area contributed by atoms with Crippen molar-refractivity contribution in [3.63, 3.8) is 0 Å². The van der Waals surface area contributed by atoms with E-state index in [1.54, 1.807) is 0 Å². The second-order valence-electron chi connectivity index (χ2n) is 12.9. The summed E-state index contributed by atoms with van der Waals surface area (Å²) in [4.78, 5) is 2.31. The van der Waals surface area contributed by atoms with Crippen molar-refractivity contribution in [2.45, 2.75) is 13.8 Å². The fourth-order valence-electron chi connectivity index (χ4n) is 7.26. The number of hydrogen-bond donors (Lipinski definition) is 0. The molecule has 0 N–H and O–H groups in total. The van der Waals surface area contributed by atoms with Crippen LogP contribution in [-0.4, -0.2) is 4.40 Å². The largest absolute Gasteiger partial charge is 0.315 e. The molecule has 2 aromatic heterocycles. The zero-order valence-corrected chi connectivity index (χ0v) is 29.5. The minimum Gasteiger partial charge on any atom is -0.315 e. The van der Waals surface area contributed by atoms with Gasteiger partial charge in [0, 0.05) is 34.4 Å². The molecule has 0 saturated heterocycles. The van der Waals surface area contributed by atoms with Gasteiger partial charge >= 0.3 is 0 Å². The molecule has 6 aromatic carbocycles. The van der Waals surface area contributed by atoms with Gasteiger partial charge in [-0.3, -0.25) is 0 Å². The Kier molecular flexibility index (Phi) is 9.19. The third kappa shape index (κ3) is 6.27. The van der Waals surface area contributed by atoms with Crippen LogP contribution in [0.5, 0.6) is 0 Å². The van der Waals surface area contributed by atoms with Gasteiger partial charge in [0.05, 0.1) is 11.2 Å². The van der Waals surface area contributed by atoms with Crippen LogP contribution in [0.15, 0.2) is 206 Å². The van der Waals surface area contributed by atoms with E-state index >= 15 is 0 Å². The van der Waals surface area contributed by atoms with Crippen molar-refractivity contribution in [1.82, 2.24) is 4.40 Å². The number of pyridine rings is 1. The summed E-state index contributed by atoms with van der Waals surface area (Å²) in [6, 6.07) is 65.4. The fraction of sp³-hybridized carbons (Fsp3) is 0.0400. The molecule has 52 heavy (non-hydrogen) atoms. The summed E-state index contributed by atoms with van der Waals surface area (Å²) < 4.78 is 2.35. The highest BCUT2D eigenvalue weighted by Gasteiger charge is 2.22. The number of anilines is 3. The molecule has 0 spiro atoms. The quantitative estimate of drug-likeness (QED) is 0.139. The summed E-state index contributed by atoms with van der Waals surface area (Å²) >= 11 is 0. The Hall–Kier alpha value is -6.64. The van der Waals surface area contributed by atoms with Gasteiger partial charge in [0.2, 0.25) is 0 Å². The third-order valence-corrected chi connectivity index (χ3v) is 9.72. The lowest BCUT2D eigenvalue weighted by molar-refractivity contribution is 1.20. The average Bonchev–Trinajstić information content (AvgIpc) is 3.57. The highest BCUT2D eigenvalue weighted by atomic mass is 15.1. The van der Waals surface area contributed by atoms with Gasteiger partial charge in [0.1, 0.15) is 0 Å². The van der Waals surface area contributed by atoms with Gasteiger partial charge in [-0.1, -0.05) is 152 Å². The van der Waals surface area contributed by atoms with Gasteiger partial charge in [-0.2, -0.15) is 0 Å². The van der Waals surface area contributed by atoms with Crippen LogP contribution in [0.3, 0.4) is 0 Å². The molecular weight excluding hydrogens is 629 g/mol. The van der Waals surface area contributed by atoms with E-state index in [4.69, 9.17) is 0 Å². The Morgan fingerprint density at radius 1 is 0.442 bits per heavy atom. The number of benzene rings is 6. The van der Waals surface area contributed by atoms with Gasteiger partial charge in [-0.25, -0.2) is 0 Å². The molecule has 8 rings (SSSR count). The normalized spacial score (nSPS) is 11.7. The van der Waals surface area contributed by atoms with E-state index in [0.29, 0.717) is 0 Å². The molecule has 0 aliphatic carbocycles. The smallest absolute Gasteiger partial charge is 0.0613 e. The van der Waals surface area contributed by atoms with Crippen LogP contribution < -0.4 is 4.90 Å². The average molecular weight is 669 g/mol. The van der Waals surface area contributed by atoms with Crippen LogP contribution in [0, 0.1) is 0 Å². The zero-order chi connectivity index (χ0) is 35.3. The van der Waals surface area contributed by atoms with Crippen molar-refractivity contribution in [3.05, 3.63) is 212 Å². The van der Waals surface area contributed by atoms with Crippen LogP contribution in [0.2, 0.25) is 0 Å². The summed E-state index contributed by atoms with van der Waals surface area (Å²) in [6.45, 7) is 4.14. The summed E-state index contributed by atoms with van der Waals surface area (Å²) in [6.07, 6.45) is 8.57. The molecule has 0 bridgehead atoms. The number of nitrogens with zero attached hydrogens (tertiary/aromatic N) is 2. The van der Waals surface area contributed by atoms with E-state index in [9.17, 15) is 0 Å². The van der Waals surface area contributed by atoms with Crippen LogP contribution in [0.25, 0.3) is 55.7 Å². The Morgan fingerprint density at radius 2 is 0.923 bits per heavy atom. The number of rotatable bonds is 9. The Bertz CT molecular complexity index is 2470. The lowest BCUT2D eigenvalue weighted by Crippen LogP contribution is -2.09.